The molecule has 2 bridgehead atoms. The normalized spacial score (nSPS) is 46.6. The highest BCUT2D eigenvalue weighted by Crippen LogP contribution is 2.38. The Morgan fingerprint density at radius 2 is 2.36 bits per heavy atom. The fourth-order valence-electron chi connectivity index (χ4n) is 2.13. The Bertz CT molecular complexity index is 221. The maximum Gasteiger partial charge on any atom is 0.165 e. The molecule has 2 saturated heterocycles. The van der Waals surface area contributed by atoms with Gasteiger partial charge >= 0.3 is 0 Å². The maximum absolute atomic E-state index is 5.79. The van der Waals surface area contributed by atoms with Crippen molar-refractivity contribution in [3.8, 4) is 0 Å². The van der Waals surface area contributed by atoms with Gasteiger partial charge in [0.15, 0.2) is 6.29 Å². The molecule has 3 nitrogen and oxygen atoms in total. The van der Waals surface area contributed by atoms with Crippen molar-refractivity contribution in [2.75, 3.05) is 11.5 Å². The van der Waals surface area contributed by atoms with Gasteiger partial charge in [0.1, 0.15) is 6.10 Å². The number of alkyl halides is 1. The second-order valence-corrected chi connectivity index (χ2v) is 4.59. The van der Waals surface area contributed by atoms with E-state index >= 15 is 0 Å². The van der Waals surface area contributed by atoms with Crippen molar-refractivity contribution in [2.45, 2.75) is 31.0 Å². The van der Waals surface area contributed by atoms with Crippen molar-refractivity contribution in [1.82, 2.24) is 0 Å². The number of hydrogen-bond acceptors (Lipinski definition) is 3. The first-order chi connectivity index (χ1) is 6.80. The lowest BCUT2D eigenvalue weighted by Gasteiger charge is -2.31. The molecule has 2 fully saturated rings. The van der Waals surface area contributed by atoms with Gasteiger partial charge in [0.2, 0.25) is 0 Å². The number of rotatable bonds is 3. The van der Waals surface area contributed by atoms with Crippen molar-refractivity contribution in [1.29, 1.82) is 0 Å². The van der Waals surface area contributed by atoms with E-state index in [0.717, 1.165) is 10.8 Å². The summed E-state index contributed by atoms with van der Waals surface area (Å²) in [5.41, 5.74) is 0. The molecule has 0 spiro atoms. The van der Waals surface area contributed by atoms with E-state index in [4.69, 9.17) is 14.2 Å². The van der Waals surface area contributed by atoms with Crippen LogP contribution < -0.4 is 0 Å². The minimum absolute atomic E-state index is 0.0938. The summed E-state index contributed by atoms with van der Waals surface area (Å²) >= 11 is 2.32. The quantitative estimate of drug-likeness (QED) is 0.452. The third-order valence-electron chi connectivity index (χ3n) is 2.94. The lowest BCUT2D eigenvalue weighted by atomic mass is 9.94. The molecule has 0 radical (unpaired) electrons. The first kappa shape index (κ1) is 10.9. The average molecular weight is 310 g/mol. The van der Waals surface area contributed by atoms with Crippen molar-refractivity contribution < 1.29 is 14.2 Å². The van der Waals surface area contributed by atoms with E-state index in [1.165, 1.54) is 0 Å². The van der Waals surface area contributed by atoms with E-state index < -0.39 is 0 Å². The SMILES string of the molecule is C=C[C@@H]1C[C@@H](OC)[C@@H]2O[C@H]1O[C@H]2CI. The fourth-order valence-corrected chi connectivity index (χ4v) is 2.84. The van der Waals surface area contributed by atoms with Crippen LogP contribution in [0.4, 0.5) is 0 Å². The summed E-state index contributed by atoms with van der Waals surface area (Å²) in [5.74, 6) is 0.268. The van der Waals surface area contributed by atoms with Gasteiger partial charge < -0.3 is 14.2 Å². The summed E-state index contributed by atoms with van der Waals surface area (Å²) in [6, 6.07) is 0. The van der Waals surface area contributed by atoms with Crippen molar-refractivity contribution in [2.24, 2.45) is 5.92 Å². The van der Waals surface area contributed by atoms with E-state index in [0.29, 0.717) is 0 Å². The Morgan fingerprint density at radius 3 is 2.93 bits per heavy atom. The third-order valence-corrected chi connectivity index (χ3v) is 3.81. The van der Waals surface area contributed by atoms with Gasteiger partial charge in [0.05, 0.1) is 12.2 Å². The summed E-state index contributed by atoms with van der Waals surface area (Å²) < 4.78 is 18.0. The standard InChI is InChI=1S/C10H15IO3/c1-3-6-4-7(12-2)9-8(5-11)13-10(6)14-9/h3,6-10H,1,4-5H2,2H3/t6-,7-,8+,9+,10-/m1/s1. The van der Waals surface area contributed by atoms with Crippen LogP contribution in [0.5, 0.6) is 0 Å². The van der Waals surface area contributed by atoms with Gasteiger partial charge in [-0.3, -0.25) is 0 Å². The van der Waals surface area contributed by atoms with Crippen LogP contribution >= 0.6 is 22.6 Å². The summed E-state index contributed by atoms with van der Waals surface area (Å²) in [7, 11) is 1.73. The summed E-state index contributed by atoms with van der Waals surface area (Å²) in [4.78, 5) is 0. The molecule has 0 saturated carbocycles. The topological polar surface area (TPSA) is 27.7 Å². The zero-order chi connectivity index (χ0) is 10.1. The summed E-state index contributed by atoms with van der Waals surface area (Å²) in [6.07, 6.45) is 3.21. The molecular weight excluding hydrogens is 295 g/mol. The minimum Gasteiger partial charge on any atom is -0.379 e. The van der Waals surface area contributed by atoms with Gasteiger partial charge in [-0.15, -0.1) is 6.58 Å². The molecule has 0 aromatic rings. The monoisotopic (exact) mass is 310 g/mol. The molecule has 0 aliphatic carbocycles. The smallest absolute Gasteiger partial charge is 0.165 e. The zero-order valence-corrected chi connectivity index (χ0v) is 10.3. The highest BCUT2D eigenvalue weighted by Gasteiger charge is 2.48. The van der Waals surface area contributed by atoms with Gasteiger partial charge in [0.25, 0.3) is 0 Å². The molecule has 2 rings (SSSR count). The first-order valence-corrected chi connectivity index (χ1v) is 6.35. The van der Waals surface area contributed by atoms with Gasteiger partial charge in [-0.25, -0.2) is 0 Å². The molecule has 0 aromatic heterocycles. The predicted octanol–water partition coefficient (Wildman–Crippen LogP) is 1.75. The van der Waals surface area contributed by atoms with Crippen LogP contribution in [0.1, 0.15) is 6.42 Å². The van der Waals surface area contributed by atoms with E-state index in [9.17, 15) is 0 Å². The number of methoxy groups -OCH3 is 1. The largest absolute Gasteiger partial charge is 0.379 e. The van der Waals surface area contributed by atoms with Gasteiger partial charge in [-0.05, 0) is 6.42 Å². The molecule has 2 heterocycles. The van der Waals surface area contributed by atoms with Crippen LogP contribution in [0.3, 0.4) is 0 Å². The molecule has 0 aromatic carbocycles. The Hall–Kier alpha value is 0.350. The minimum atomic E-state index is -0.0938. The van der Waals surface area contributed by atoms with Crippen LogP contribution in [-0.2, 0) is 14.2 Å². The summed E-state index contributed by atoms with van der Waals surface area (Å²) in [6.45, 7) is 3.80. The first-order valence-electron chi connectivity index (χ1n) is 4.82. The summed E-state index contributed by atoms with van der Waals surface area (Å²) in [5, 5.41) is 0. The molecule has 0 amide bonds. The highest BCUT2D eigenvalue weighted by molar-refractivity contribution is 14.1. The van der Waals surface area contributed by atoms with E-state index in [-0.39, 0.29) is 30.5 Å². The maximum atomic E-state index is 5.79. The van der Waals surface area contributed by atoms with Crippen molar-refractivity contribution in [3.63, 3.8) is 0 Å². The molecular formula is C10H15IO3. The van der Waals surface area contributed by atoms with Crippen LogP contribution in [0.2, 0.25) is 0 Å². The highest BCUT2D eigenvalue weighted by atomic mass is 127. The van der Waals surface area contributed by atoms with Crippen LogP contribution in [0.25, 0.3) is 0 Å². The van der Waals surface area contributed by atoms with Crippen LogP contribution in [0.15, 0.2) is 12.7 Å². The van der Waals surface area contributed by atoms with Gasteiger partial charge in [-0.1, -0.05) is 28.7 Å². The average Bonchev–Trinajstić information content (AvgIpc) is 2.59. The molecule has 0 N–H and O–H groups in total. The van der Waals surface area contributed by atoms with Crippen molar-refractivity contribution >= 4 is 22.6 Å². The molecule has 5 atom stereocenters. The van der Waals surface area contributed by atoms with Crippen molar-refractivity contribution in [3.05, 3.63) is 12.7 Å². The number of hydrogen-bond donors (Lipinski definition) is 0. The van der Waals surface area contributed by atoms with E-state index in [1.54, 1.807) is 7.11 Å². The van der Waals surface area contributed by atoms with Crippen LogP contribution in [0, 0.1) is 5.92 Å². The Kier molecular flexibility index (Phi) is 3.46. The Labute approximate surface area is 97.9 Å². The predicted molar refractivity (Wildman–Crippen MR) is 61.5 cm³/mol. The molecule has 2 aliphatic heterocycles. The number of ether oxygens (including phenoxy) is 3. The molecule has 14 heavy (non-hydrogen) atoms. The second-order valence-electron chi connectivity index (χ2n) is 3.71. The van der Waals surface area contributed by atoms with Gasteiger partial charge in [-0.2, -0.15) is 0 Å². The lowest BCUT2D eigenvalue weighted by Crippen LogP contribution is -2.41. The number of halogens is 1. The third kappa shape index (κ3) is 1.73. The Morgan fingerprint density at radius 1 is 1.57 bits per heavy atom. The van der Waals surface area contributed by atoms with Gasteiger partial charge in [0, 0.05) is 17.5 Å². The molecule has 0 unspecified atom stereocenters. The molecule has 2 aliphatic rings. The lowest BCUT2D eigenvalue weighted by molar-refractivity contribution is -0.149. The molecule has 4 heteroatoms. The van der Waals surface area contributed by atoms with E-state index in [1.807, 2.05) is 6.08 Å². The molecule has 80 valence electrons. The number of fused-ring (bicyclic) bond motifs is 2. The van der Waals surface area contributed by atoms with Crippen LogP contribution in [-0.4, -0.2) is 36.1 Å². The fraction of sp³-hybridized carbons (Fsp3) is 0.800. The zero-order valence-electron chi connectivity index (χ0n) is 8.19. The Balaban J connectivity index is 2.12. The second kappa shape index (κ2) is 4.47. The van der Waals surface area contributed by atoms with E-state index in [2.05, 4.69) is 29.2 Å².